The van der Waals surface area contributed by atoms with Gasteiger partial charge in [0.25, 0.3) is 5.91 Å². The molecular formula is C13H15NO4. The van der Waals surface area contributed by atoms with E-state index in [2.05, 4.69) is 0 Å². The molecule has 0 saturated carbocycles. The Balaban J connectivity index is 1.94. The fraction of sp³-hybridized carbons (Fsp3) is 0.385. The van der Waals surface area contributed by atoms with Crippen molar-refractivity contribution in [2.24, 2.45) is 0 Å². The Morgan fingerprint density at radius 1 is 1.44 bits per heavy atom. The minimum atomic E-state index is -1.09. The second-order valence-electron chi connectivity index (χ2n) is 4.35. The van der Waals surface area contributed by atoms with Gasteiger partial charge in [-0.15, -0.1) is 0 Å². The number of hydrogen-bond donors (Lipinski definition) is 1. The highest BCUT2D eigenvalue weighted by atomic mass is 16.6. The van der Waals surface area contributed by atoms with Crippen molar-refractivity contribution in [2.75, 3.05) is 0 Å². The smallest absolute Gasteiger partial charge is 0.417 e. The third kappa shape index (κ3) is 2.51. The minimum Gasteiger partial charge on any atom is -0.444 e. The summed E-state index contributed by atoms with van der Waals surface area (Å²) >= 11 is 0. The van der Waals surface area contributed by atoms with Crippen molar-refractivity contribution in [3.63, 3.8) is 0 Å². The Bertz CT molecular complexity index is 446. The zero-order valence-corrected chi connectivity index (χ0v) is 10.1. The average Bonchev–Trinajstić information content (AvgIpc) is 2.62. The van der Waals surface area contributed by atoms with E-state index in [0.717, 1.165) is 10.5 Å². The second-order valence-corrected chi connectivity index (χ2v) is 4.35. The van der Waals surface area contributed by atoms with Crippen LogP contribution in [0.1, 0.15) is 18.9 Å². The second kappa shape index (κ2) is 5.18. The predicted molar refractivity (Wildman–Crippen MR) is 63.6 cm³/mol. The van der Waals surface area contributed by atoms with Crippen LogP contribution in [0.15, 0.2) is 30.3 Å². The van der Waals surface area contributed by atoms with Gasteiger partial charge in [0.2, 0.25) is 0 Å². The van der Waals surface area contributed by atoms with Crippen LogP contribution in [-0.4, -0.2) is 34.2 Å². The van der Waals surface area contributed by atoms with Crippen molar-refractivity contribution < 1.29 is 19.4 Å². The van der Waals surface area contributed by atoms with Crippen LogP contribution in [0.2, 0.25) is 0 Å². The van der Waals surface area contributed by atoms with Gasteiger partial charge in [-0.25, -0.2) is 9.69 Å². The van der Waals surface area contributed by atoms with E-state index in [9.17, 15) is 14.7 Å². The summed E-state index contributed by atoms with van der Waals surface area (Å²) in [6, 6.07) is 8.89. The average molecular weight is 249 g/mol. The molecule has 5 heteroatoms. The standard InChI is InChI=1S/C13H15NO4/c1-9-7-11(15)12(16)14(9)13(17)18-8-10-5-3-2-4-6-10/h2-6,9,11,15H,7-8H2,1H3. The van der Waals surface area contributed by atoms with Gasteiger partial charge >= 0.3 is 6.09 Å². The van der Waals surface area contributed by atoms with Crippen LogP contribution in [-0.2, 0) is 16.1 Å². The van der Waals surface area contributed by atoms with Gasteiger partial charge in [-0.3, -0.25) is 4.79 Å². The molecule has 1 fully saturated rings. The van der Waals surface area contributed by atoms with E-state index in [1.165, 1.54) is 0 Å². The normalized spacial score (nSPS) is 23.2. The van der Waals surface area contributed by atoms with E-state index in [-0.39, 0.29) is 19.1 Å². The lowest BCUT2D eigenvalue weighted by atomic mass is 10.2. The largest absolute Gasteiger partial charge is 0.444 e. The molecule has 1 heterocycles. The monoisotopic (exact) mass is 249 g/mol. The summed E-state index contributed by atoms with van der Waals surface area (Å²) in [5.74, 6) is -0.583. The Morgan fingerprint density at radius 2 is 2.11 bits per heavy atom. The van der Waals surface area contributed by atoms with Gasteiger partial charge in [-0.05, 0) is 12.5 Å². The van der Waals surface area contributed by atoms with Gasteiger partial charge in [0.1, 0.15) is 12.7 Å². The number of rotatable bonds is 2. The third-order valence-corrected chi connectivity index (χ3v) is 2.93. The number of nitrogens with zero attached hydrogens (tertiary/aromatic N) is 1. The molecule has 2 atom stereocenters. The summed E-state index contributed by atoms with van der Waals surface area (Å²) in [4.78, 5) is 24.3. The van der Waals surface area contributed by atoms with E-state index < -0.39 is 18.1 Å². The Kier molecular flexibility index (Phi) is 3.62. The molecule has 0 spiro atoms. The maximum absolute atomic E-state index is 11.8. The molecule has 1 aliphatic rings. The van der Waals surface area contributed by atoms with Crippen molar-refractivity contribution in [2.45, 2.75) is 32.1 Å². The first-order chi connectivity index (χ1) is 8.59. The molecule has 2 unspecified atom stereocenters. The Morgan fingerprint density at radius 3 is 2.67 bits per heavy atom. The highest BCUT2D eigenvalue weighted by Crippen LogP contribution is 2.20. The van der Waals surface area contributed by atoms with Gasteiger partial charge in [0.15, 0.2) is 0 Å². The number of hydrogen-bond acceptors (Lipinski definition) is 4. The van der Waals surface area contributed by atoms with Gasteiger partial charge in [0.05, 0.1) is 0 Å². The molecule has 1 N–H and O–H groups in total. The quantitative estimate of drug-likeness (QED) is 0.858. The van der Waals surface area contributed by atoms with E-state index in [1.54, 1.807) is 6.92 Å². The summed E-state index contributed by atoms with van der Waals surface area (Å²) in [6.07, 6.45) is -1.53. The SMILES string of the molecule is CC1CC(O)C(=O)N1C(=O)OCc1ccccc1. The zero-order valence-electron chi connectivity index (χ0n) is 10.1. The molecular weight excluding hydrogens is 234 g/mol. The molecule has 0 aromatic heterocycles. The van der Waals surface area contributed by atoms with E-state index >= 15 is 0 Å². The van der Waals surface area contributed by atoms with Gasteiger partial charge < -0.3 is 9.84 Å². The van der Waals surface area contributed by atoms with Crippen LogP contribution in [0.4, 0.5) is 4.79 Å². The summed E-state index contributed by atoms with van der Waals surface area (Å²) in [5.41, 5.74) is 0.852. The minimum absolute atomic E-state index is 0.117. The fourth-order valence-corrected chi connectivity index (χ4v) is 1.97. The number of carbonyl (C=O) groups excluding carboxylic acids is 2. The molecule has 1 aromatic carbocycles. The summed E-state index contributed by atoms with van der Waals surface area (Å²) in [7, 11) is 0. The van der Waals surface area contributed by atoms with Crippen molar-refractivity contribution in [3.05, 3.63) is 35.9 Å². The fourth-order valence-electron chi connectivity index (χ4n) is 1.97. The van der Waals surface area contributed by atoms with Crippen LogP contribution in [0.25, 0.3) is 0 Å². The van der Waals surface area contributed by atoms with Crippen LogP contribution < -0.4 is 0 Å². The van der Waals surface area contributed by atoms with Gasteiger partial charge in [-0.1, -0.05) is 30.3 Å². The molecule has 96 valence electrons. The number of aliphatic hydroxyl groups is 1. The Hall–Kier alpha value is -1.88. The van der Waals surface area contributed by atoms with Crippen LogP contribution in [0.3, 0.4) is 0 Å². The molecule has 2 rings (SSSR count). The molecule has 1 aliphatic heterocycles. The molecule has 0 radical (unpaired) electrons. The number of amides is 2. The van der Waals surface area contributed by atoms with Crippen LogP contribution >= 0.6 is 0 Å². The van der Waals surface area contributed by atoms with E-state index in [1.807, 2.05) is 30.3 Å². The topological polar surface area (TPSA) is 66.8 Å². The molecule has 1 aromatic rings. The van der Waals surface area contributed by atoms with Crippen molar-refractivity contribution in [1.29, 1.82) is 0 Å². The molecule has 2 amide bonds. The summed E-state index contributed by atoms with van der Waals surface area (Å²) in [6.45, 7) is 1.82. The molecule has 0 aliphatic carbocycles. The molecule has 5 nitrogen and oxygen atoms in total. The maximum atomic E-state index is 11.8. The first kappa shape index (κ1) is 12.6. The summed E-state index contributed by atoms with van der Waals surface area (Å²) < 4.78 is 5.06. The first-order valence-corrected chi connectivity index (χ1v) is 5.81. The van der Waals surface area contributed by atoms with Gasteiger partial charge in [0, 0.05) is 12.5 Å². The number of benzene rings is 1. The van der Waals surface area contributed by atoms with Crippen molar-refractivity contribution >= 4 is 12.0 Å². The zero-order chi connectivity index (χ0) is 13.1. The van der Waals surface area contributed by atoms with E-state index in [4.69, 9.17) is 4.74 Å². The van der Waals surface area contributed by atoms with Crippen LogP contribution in [0, 0.1) is 0 Å². The van der Waals surface area contributed by atoms with Gasteiger partial charge in [-0.2, -0.15) is 0 Å². The first-order valence-electron chi connectivity index (χ1n) is 5.81. The maximum Gasteiger partial charge on any atom is 0.417 e. The lowest BCUT2D eigenvalue weighted by molar-refractivity contribution is -0.133. The number of likely N-dealkylation sites (tertiary alicyclic amines) is 1. The molecule has 18 heavy (non-hydrogen) atoms. The highest BCUT2D eigenvalue weighted by molar-refractivity contribution is 5.96. The number of imide groups is 1. The number of ether oxygens (including phenoxy) is 1. The molecule has 0 bridgehead atoms. The predicted octanol–water partition coefficient (Wildman–Crippen LogP) is 1.30. The highest BCUT2D eigenvalue weighted by Gasteiger charge is 2.40. The number of aliphatic hydroxyl groups excluding tert-OH is 1. The van der Waals surface area contributed by atoms with Crippen molar-refractivity contribution in [3.8, 4) is 0 Å². The number of carbonyl (C=O) groups is 2. The lowest BCUT2D eigenvalue weighted by Crippen LogP contribution is -2.39. The van der Waals surface area contributed by atoms with Crippen LogP contribution in [0.5, 0.6) is 0 Å². The Labute approximate surface area is 105 Å². The lowest BCUT2D eigenvalue weighted by Gasteiger charge is -2.18. The summed E-state index contributed by atoms with van der Waals surface area (Å²) in [5, 5.41) is 9.37. The van der Waals surface area contributed by atoms with Crippen molar-refractivity contribution in [1.82, 2.24) is 4.90 Å². The van der Waals surface area contributed by atoms with E-state index in [0.29, 0.717) is 0 Å². The molecule has 1 saturated heterocycles. The third-order valence-electron chi connectivity index (χ3n) is 2.93.